The average Bonchev–Trinajstić information content (AvgIpc) is 0.791. The molecule has 10 N–H and O–H groups in total. The van der Waals surface area contributed by atoms with Crippen LogP contribution in [0.1, 0.15) is 144 Å². The summed E-state index contributed by atoms with van der Waals surface area (Å²) >= 11 is 0. The Morgan fingerprint density at radius 2 is 0.698 bits per heavy atom. The molecule has 16 aromatic rings. The zero-order valence-electron chi connectivity index (χ0n) is 79.5. The van der Waals surface area contributed by atoms with E-state index in [1.165, 1.54) is 24.9 Å². The van der Waals surface area contributed by atoms with E-state index in [2.05, 4.69) is 181 Å². The Bertz CT molecular complexity index is 6790. The Hall–Kier alpha value is -14.8. The normalized spacial score (nSPS) is 12.2. The van der Waals surface area contributed by atoms with Crippen molar-refractivity contribution in [1.29, 1.82) is 0 Å². The first-order valence-electron chi connectivity index (χ1n) is 44.4. The van der Waals surface area contributed by atoms with Crippen molar-refractivity contribution < 1.29 is 33.0 Å². The molecule has 17 rings (SSSR count). The number of nitrogen functional groups attached to an aromatic ring is 1. The number of hydrogen-bond donors (Lipinski definition) is 9. The number of nitrogens with one attached hydrogen (secondary N) is 8. The van der Waals surface area contributed by atoms with Crippen molar-refractivity contribution in [2.75, 3.05) is 119 Å². The molecule has 0 radical (unpaired) electrons. The van der Waals surface area contributed by atoms with Gasteiger partial charge in [-0.1, -0.05) is 100 Å². The minimum absolute atomic E-state index is 0. The minimum Gasteiger partial charge on any atom is -0.492 e. The molecule has 4 aromatic carbocycles. The predicted molar refractivity (Wildman–Crippen MR) is 568 cm³/mol. The number of rotatable bonds is 27. The molecule has 1 aliphatic heterocycles. The molecule has 0 bridgehead atoms. The Morgan fingerprint density at radius 3 is 1.01 bits per heavy atom. The van der Waals surface area contributed by atoms with Crippen LogP contribution in [0.15, 0.2) is 220 Å². The number of nitrogens with zero attached hydrogens (tertiary/aromatic N) is 17. The fourth-order valence-electron chi connectivity index (χ4n) is 15.8. The van der Waals surface area contributed by atoms with E-state index in [4.69, 9.17) is 20.2 Å². The van der Waals surface area contributed by atoms with Crippen LogP contribution in [0, 0.1) is 33.5 Å². The number of aryl methyl sites for hydroxylation is 4. The highest BCUT2D eigenvalue weighted by atomic mass is 32.1. The van der Waals surface area contributed by atoms with Crippen LogP contribution < -0.4 is 57.9 Å². The number of anilines is 6. The lowest BCUT2D eigenvalue weighted by Crippen LogP contribution is -2.37. The standard InChI is InChI=1S/C28H31N7O2.C26H28N6O2.C25H26N6O.C23H22FN7O.4H2S/c1-18-13-20(16-32-27(18)35-9-11-37-12-10-35)24-14-25(34-17-33-24)31-15-19(2)21-5-4-6-22-23(28(36)29-3)7-8-30-26(21)22;1-5-34-23-11-18(14-29-17(23)3)22-12-24(32-15-31-22)30-13-16(2)19-7-6-8-20-21(26(33)27-4)9-10-28-25(19)20;1-15-10-18(13-28-17(15)3)22-11-23(31-14-30-22)29-12-16(2)19-6-5-7-20-21(25(32)26-4)8-9-27-24(19)20;1-13(15-4-3-5-16-17(23(32)26-2)6-7-27-21(15)16)10-28-20-9-19(30-12-31-20)14-8-18(24)22(25)29-11-14;;;;/h4-8,13-14,16-17,19H,9-12,15H2,1-3H3,(H,29,36)(H,31,33,34);6-12,14-16H,5,13H2,1-4H3,(H,27,33)(H,30,31,32);5-11,13-14,16H,12H2,1-4H3,(H,26,32)(H,29,30,31);3-9,11-13H,10H2,1-2H3,(H2,25,29)(H,26,32)(H,28,30,31);4*1H2/t19-;2*16-;13-;;;;/m1111..../s1. The number of fused-ring (bicyclic) bond motifs is 4. The van der Waals surface area contributed by atoms with E-state index in [1.54, 1.807) is 102 Å². The highest BCUT2D eigenvalue weighted by molar-refractivity contribution is 7.59. The number of ether oxygens (including phenoxy) is 2. The zero-order chi connectivity index (χ0) is 95.2. The van der Waals surface area contributed by atoms with E-state index in [0.29, 0.717) is 72.1 Å². The van der Waals surface area contributed by atoms with Gasteiger partial charge in [0, 0.05) is 214 Å². The van der Waals surface area contributed by atoms with Crippen molar-refractivity contribution in [1.82, 2.24) is 101 Å². The highest BCUT2D eigenvalue weighted by Crippen LogP contribution is 2.35. The molecule has 1 aliphatic rings. The van der Waals surface area contributed by atoms with Gasteiger partial charge in [-0.25, -0.2) is 54.2 Å². The molecule has 0 spiro atoms. The lowest BCUT2D eigenvalue weighted by molar-refractivity contribution is 0.0956. The Balaban J connectivity index is 0.000000190. The van der Waals surface area contributed by atoms with Crippen LogP contribution in [0.4, 0.5) is 39.3 Å². The molecule has 13 heterocycles. The molecule has 0 aliphatic carbocycles. The van der Waals surface area contributed by atoms with E-state index >= 15 is 0 Å². The average molecular weight is 1950 g/mol. The van der Waals surface area contributed by atoms with E-state index in [9.17, 15) is 23.6 Å². The summed E-state index contributed by atoms with van der Waals surface area (Å²) in [6.45, 7) is 24.7. The quantitative estimate of drug-likeness (QED) is 0.0231. The van der Waals surface area contributed by atoms with Gasteiger partial charge >= 0.3 is 0 Å². The van der Waals surface area contributed by atoms with Gasteiger partial charge in [0.1, 0.15) is 60.1 Å². The second-order valence-corrected chi connectivity index (χ2v) is 32.4. The maximum absolute atomic E-state index is 13.8. The van der Waals surface area contributed by atoms with E-state index in [1.807, 2.05) is 125 Å². The van der Waals surface area contributed by atoms with Crippen molar-refractivity contribution >= 4 is 156 Å². The second kappa shape index (κ2) is 50.3. The molecule has 4 atom stereocenters. The molecule has 1 saturated heterocycles. The fraction of sp³-hybridized carbons (Fsp3) is 0.255. The van der Waals surface area contributed by atoms with Gasteiger partial charge in [0.25, 0.3) is 23.6 Å². The van der Waals surface area contributed by atoms with Gasteiger partial charge in [-0.15, -0.1) is 0 Å². The topological polar surface area (TPSA) is 418 Å². The van der Waals surface area contributed by atoms with Crippen LogP contribution in [0.5, 0.6) is 5.75 Å². The van der Waals surface area contributed by atoms with Gasteiger partial charge in [0.05, 0.1) is 92.6 Å². The molecule has 32 nitrogen and oxygen atoms in total. The maximum Gasteiger partial charge on any atom is 0.251 e. The molecule has 720 valence electrons. The first-order chi connectivity index (χ1) is 65.5. The largest absolute Gasteiger partial charge is 0.492 e. The Morgan fingerprint density at radius 1 is 0.388 bits per heavy atom. The number of amides is 4. The number of benzene rings is 4. The van der Waals surface area contributed by atoms with Gasteiger partial charge in [0.15, 0.2) is 11.6 Å². The van der Waals surface area contributed by atoms with Crippen LogP contribution in [0.25, 0.3) is 88.6 Å². The summed E-state index contributed by atoms with van der Waals surface area (Å²) in [7, 11) is 6.51. The monoisotopic (exact) mass is 1950 g/mol. The van der Waals surface area contributed by atoms with Crippen molar-refractivity contribution in [3.8, 4) is 50.8 Å². The third kappa shape index (κ3) is 25.9. The number of carbonyl (C=O) groups excluding carboxylic acids is 4. The van der Waals surface area contributed by atoms with Gasteiger partial charge in [-0.05, 0) is 117 Å². The third-order valence-electron chi connectivity index (χ3n) is 23.3. The number of para-hydroxylation sites is 4. The van der Waals surface area contributed by atoms with Crippen molar-refractivity contribution in [2.24, 2.45) is 0 Å². The smallest absolute Gasteiger partial charge is 0.251 e. The predicted octanol–water partition coefficient (Wildman–Crippen LogP) is 16.3. The minimum atomic E-state index is -0.594. The molecule has 0 saturated carbocycles. The van der Waals surface area contributed by atoms with Gasteiger partial charge in [-0.2, -0.15) is 54.0 Å². The van der Waals surface area contributed by atoms with Crippen molar-refractivity contribution in [3.05, 3.63) is 293 Å². The molecular formula is C102H115FN26O6S4. The van der Waals surface area contributed by atoms with Crippen LogP contribution >= 0.6 is 54.0 Å². The Kier molecular flexibility index (Phi) is 38.5. The van der Waals surface area contributed by atoms with E-state index in [0.717, 1.165) is 177 Å². The SMILES string of the molecule is CCOc1cc(-c2cc(NC[C@@H](C)c3cccc4c(C(=O)NC)ccnc34)ncn2)cnc1C.CNC(=O)c1ccnc2c([C@H](C)CNc3cc(-c4cnc(C)c(C)c4)ncn3)cccc12.CNC(=O)c1ccnc2c([C@H](C)CNc3cc(-c4cnc(N)c(F)c4)ncn3)cccc12.CNC(=O)c1ccnc2c([C@H](C)CNc3cc(-c4cnc(N5CCOCC5)c(C)c4)ncn3)cccc12.S.S.S.S. The first kappa shape index (κ1) is 106. The van der Waals surface area contributed by atoms with Crippen LogP contribution in [-0.4, -0.2) is 191 Å². The van der Waals surface area contributed by atoms with Crippen LogP contribution in [0.2, 0.25) is 0 Å². The molecule has 139 heavy (non-hydrogen) atoms. The number of aromatic nitrogens is 16. The van der Waals surface area contributed by atoms with Crippen LogP contribution in [0.3, 0.4) is 0 Å². The molecule has 0 unspecified atom stereocenters. The van der Waals surface area contributed by atoms with Gasteiger partial charge in [-0.3, -0.25) is 49.1 Å². The summed E-state index contributed by atoms with van der Waals surface area (Å²) < 4.78 is 24.9. The number of nitrogens with two attached hydrogens (primary N) is 1. The lowest BCUT2D eigenvalue weighted by Gasteiger charge is -2.29. The number of hydrogen-bond acceptors (Lipinski definition) is 28. The van der Waals surface area contributed by atoms with Crippen LogP contribution in [-0.2, 0) is 4.74 Å². The highest BCUT2D eigenvalue weighted by Gasteiger charge is 2.24. The fourth-order valence-corrected chi connectivity index (χ4v) is 15.8. The van der Waals surface area contributed by atoms with Crippen molar-refractivity contribution in [2.45, 2.75) is 86.0 Å². The molecular weight excluding hydrogens is 1830 g/mol. The first-order valence-corrected chi connectivity index (χ1v) is 44.4. The van der Waals surface area contributed by atoms with Gasteiger partial charge in [0.2, 0.25) is 0 Å². The number of pyridine rings is 8. The number of morpholine rings is 1. The third-order valence-corrected chi connectivity index (χ3v) is 23.3. The maximum atomic E-state index is 13.8. The molecule has 1 fully saturated rings. The summed E-state index contributed by atoms with van der Waals surface area (Å²) in [6.07, 6.45) is 19.8. The Labute approximate surface area is 834 Å². The van der Waals surface area contributed by atoms with Gasteiger partial charge < -0.3 is 62.6 Å². The zero-order valence-corrected chi connectivity index (χ0v) is 83.5. The lowest BCUT2D eigenvalue weighted by atomic mass is 9.96. The summed E-state index contributed by atoms with van der Waals surface area (Å²) in [5.74, 6) is 3.77. The summed E-state index contributed by atoms with van der Waals surface area (Å²) in [5, 5.41) is 27.7. The van der Waals surface area contributed by atoms with E-state index < -0.39 is 5.82 Å². The molecule has 37 heteroatoms. The summed E-state index contributed by atoms with van der Waals surface area (Å²) in [4.78, 5) is 122. The summed E-state index contributed by atoms with van der Waals surface area (Å²) in [6, 6.07) is 45.6. The number of halogens is 1. The molecule has 12 aromatic heterocycles. The molecule has 4 amide bonds. The second-order valence-electron chi connectivity index (χ2n) is 32.4. The van der Waals surface area contributed by atoms with E-state index in [-0.39, 0.29) is 107 Å². The summed E-state index contributed by atoms with van der Waals surface area (Å²) in [5.41, 5.74) is 25.8. The number of carbonyl (C=O) groups is 4. The van der Waals surface area contributed by atoms with Crippen molar-refractivity contribution in [3.63, 3.8) is 0 Å².